The van der Waals surface area contributed by atoms with Gasteiger partial charge in [-0.15, -0.1) is 0 Å². The lowest BCUT2D eigenvalue weighted by atomic mass is 10.1. The summed E-state index contributed by atoms with van der Waals surface area (Å²) in [6.45, 7) is 2.59. The zero-order valence-corrected chi connectivity index (χ0v) is 12.0. The fourth-order valence-corrected chi connectivity index (χ4v) is 2.82. The molecule has 21 heavy (non-hydrogen) atoms. The zero-order chi connectivity index (χ0) is 14.8. The molecule has 3 N–H and O–H groups in total. The van der Waals surface area contributed by atoms with Crippen LogP contribution in [0.2, 0.25) is 0 Å². The molecule has 0 aliphatic carbocycles. The summed E-state index contributed by atoms with van der Waals surface area (Å²) in [6, 6.07) is 15.7. The minimum absolute atomic E-state index is 0.0603. The molecule has 4 heteroatoms. The maximum Gasteiger partial charge on any atom is 0.322 e. The number of fused-ring (bicyclic) bond motifs is 1. The lowest BCUT2D eigenvalue weighted by Crippen LogP contribution is -2.42. The van der Waals surface area contributed by atoms with Gasteiger partial charge in [0.25, 0.3) is 0 Å². The molecule has 0 saturated carbocycles. The average molecular weight is 281 g/mol. The van der Waals surface area contributed by atoms with Crippen LogP contribution in [0.5, 0.6) is 0 Å². The van der Waals surface area contributed by atoms with Crippen LogP contribution in [-0.4, -0.2) is 12.1 Å². The van der Waals surface area contributed by atoms with E-state index in [-0.39, 0.29) is 12.1 Å². The quantitative estimate of drug-likeness (QED) is 0.831. The first kappa shape index (κ1) is 13.5. The van der Waals surface area contributed by atoms with Crippen molar-refractivity contribution < 1.29 is 4.79 Å². The summed E-state index contributed by atoms with van der Waals surface area (Å²) in [7, 11) is 0. The van der Waals surface area contributed by atoms with E-state index in [9.17, 15) is 4.79 Å². The number of carbonyl (C=O) groups is 1. The highest BCUT2D eigenvalue weighted by Crippen LogP contribution is 2.33. The summed E-state index contributed by atoms with van der Waals surface area (Å²) in [5, 5.41) is 2.98. The summed E-state index contributed by atoms with van der Waals surface area (Å²) < 4.78 is 0. The van der Waals surface area contributed by atoms with Crippen LogP contribution in [0.1, 0.15) is 18.1 Å². The molecule has 1 unspecified atom stereocenters. The van der Waals surface area contributed by atoms with Crippen LogP contribution in [0, 0.1) is 0 Å². The van der Waals surface area contributed by atoms with E-state index >= 15 is 0 Å². The number of amides is 2. The topological polar surface area (TPSA) is 58.4 Å². The van der Waals surface area contributed by atoms with Crippen LogP contribution in [0.15, 0.2) is 48.5 Å². The van der Waals surface area contributed by atoms with E-state index < -0.39 is 0 Å². The first-order chi connectivity index (χ1) is 10.1. The van der Waals surface area contributed by atoms with Crippen LogP contribution in [0.3, 0.4) is 0 Å². The van der Waals surface area contributed by atoms with E-state index in [0.29, 0.717) is 6.54 Å². The highest BCUT2D eigenvalue weighted by atomic mass is 16.2. The largest absolute Gasteiger partial charge is 0.399 e. The maximum atomic E-state index is 12.5. The van der Waals surface area contributed by atoms with Gasteiger partial charge < -0.3 is 11.1 Å². The molecule has 0 aromatic heterocycles. The molecule has 0 fully saturated rings. The SMILES string of the molecule is CC1Cc2cc(N)ccc2N1C(=O)NCc1ccccc1. The molecular weight excluding hydrogens is 262 g/mol. The van der Waals surface area contributed by atoms with Crippen molar-refractivity contribution >= 4 is 17.4 Å². The molecule has 2 aromatic rings. The molecule has 2 aromatic carbocycles. The van der Waals surface area contributed by atoms with Crippen LogP contribution >= 0.6 is 0 Å². The third-order valence-corrected chi connectivity index (χ3v) is 3.82. The lowest BCUT2D eigenvalue weighted by Gasteiger charge is -2.23. The molecule has 2 amide bonds. The Morgan fingerprint density at radius 1 is 1.29 bits per heavy atom. The van der Waals surface area contributed by atoms with Gasteiger partial charge in [-0.25, -0.2) is 4.79 Å². The molecule has 0 bridgehead atoms. The molecule has 108 valence electrons. The van der Waals surface area contributed by atoms with Gasteiger partial charge in [0.2, 0.25) is 0 Å². The number of nitrogens with zero attached hydrogens (tertiary/aromatic N) is 1. The Hall–Kier alpha value is -2.49. The molecule has 3 rings (SSSR count). The molecule has 1 atom stereocenters. The molecule has 1 aliphatic rings. The summed E-state index contributed by atoms with van der Waals surface area (Å²) >= 11 is 0. The summed E-state index contributed by atoms with van der Waals surface area (Å²) in [6.07, 6.45) is 0.846. The number of nitrogens with two attached hydrogens (primary N) is 1. The molecule has 4 nitrogen and oxygen atoms in total. The Morgan fingerprint density at radius 2 is 2.05 bits per heavy atom. The highest BCUT2D eigenvalue weighted by Gasteiger charge is 2.30. The third-order valence-electron chi connectivity index (χ3n) is 3.82. The van der Waals surface area contributed by atoms with E-state index in [4.69, 9.17) is 5.73 Å². The predicted molar refractivity (Wildman–Crippen MR) is 85.2 cm³/mol. The number of nitrogen functional groups attached to an aromatic ring is 1. The van der Waals surface area contributed by atoms with Crippen molar-refractivity contribution in [2.75, 3.05) is 10.6 Å². The monoisotopic (exact) mass is 281 g/mol. The molecule has 1 aliphatic heterocycles. The fraction of sp³-hybridized carbons (Fsp3) is 0.235. The summed E-state index contributed by atoms with van der Waals surface area (Å²) in [5.74, 6) is 0. The lowest BCUT2D eigenvalue weighted by molar-refractivity contribution is 0.244. The zero-order valence-electron chi connectivity index (χ0n) is 12.0. The van der Waals surface area contributed by atoms with Gasteiger partial charge in [0.15, 0.2) is 0 Å². The van der Waals surface area contributed by atoms with Crippen LogP contribution in [0.25, 0.3) is 0 Å². The van der Waals surface area contributed by atoms with Crippen LogP contribution in [0.4, 0.5) is 16.2 Å². The molecular formula is C17H19N3O. The van der Waals surface area contributed by atoms with Gasteiger partial charge in [-0.1, -0.05) is 30.3 Å². The van der Waals surface area contributed by atoms with Gasteiger partial charge in [-0.2, -0.15) is 0 Å². The molecule has 0 spiro atoms. The minimum Gasteiger partial charge on any atom is -0.399 e. The predicted octanol–water partition coefficient (Wildman–Crippen LogP) is 2.93. The van der Waals surface area contributed by atoms with E-state index in [1.165, 1.54) is 0 Å². The highest BCUT2D eigenvalue weighted by molar-refractivity contribution is 5.95. The average Bonchev–Trinajstić information content (AvgIpc) is 2.81. The second kappa shape index (κ2) is 5.48. The van der Waals surface area contributed by atoms with Crippen molar-refractivity contribution in [3.63, 3.8) is 0 Å². The minimum atomic E-state index is -0.0603. The van der Waals surface area contributed by atoms with Gasteiger partial charge in [0, 0.05) is 24.0 Å². The number of nitrogens with one attached hydrogen (secondary N) is 1. The number of urea groups is 1. The second-order valence-corrected chi connectivity index (χ2v) is 5.46. The van der Waals surface area contributed by atoms with Gasteiger partial charge in [-0.05, 0) is 42.7 Å². The van der Waals surface area contributed by atoms with E-state index in [0.717, 1.165) is 28.9 Å². The van der Waals surface area contributed by atoms with Crippen molar-refractivity contribution in [2.24, 2.45) is 0 Å². The Balaban J connectivity index is 1.73. The van der Waals surface area contributed by atoms with Crippen molar-refractivity contribution in [3.8, 4) is 0 Å². The Bertz CT molecular complexity index is 654. The maximum absolute atomic E-state index is 12.5. The summed E-state index contributed by atoms with van der Waals surface area (Å²) in [5.41, 5.74) is 9.75. The van der Waals surface area contributed by atoms with Gasteiger partial charge in [0.1, 0.15) is 0 Å². The number of hydrogen-bond acceptors (Lipinski definition) is 2. The van der Waals surface area contributed by atoms with E-state index in [1.807, 2.05) is 53.4 Å². The summed E-state index contributed by atoms with van der Waals surface area (Å²) in [4.78, 5) is 14.3. The normalized spacial score (nSPS) is 16.6. The third kappa shape index (κ3) is 2.70. The second-order valence-electron chi connectivity index (χ2n) is 5.46. The van der Waals surface area contributed by atoms with Gasteiger partial charge in [0.05, 0.1) is 0 Å². The first-order valence-electron chi connectivity index (χ1n) is 7.14. The van der Waals surface area contributed by atoms with Crippen molar-refractivity contribution in [1.29, 1.82) is 0 Å². The molecule has 1 heterocycles. The van der Waals surface area contributed by atoms with E-state index in [2.05, 4.69) is 12.2 Å². The van der Waals surface area contributed by atoms with Crippen LogP contribution < -0.4 is 16.0 Å². The standard InChI is InChI=1S/C17H19N3O/c1-12-9-14-10-15(18)7-8-16(14)20(12)17(21)19-11-13-5-3-2-4-6-13/h2-8,10,12H,9,11,18H2,1H3,(H,19,21). The van der Waals surface area contributed by atoms with Crippen LogP contribution in [-0.2, 0) is 13.0 Å². The van der Waals surface area contributed by atoms with Gasteiger partial charge >= 0.3 is 6.03 Å². The number of benzene rings is 2. The smallest absolute Gasteiger partial charge is 0.322 e. The van der Waals surface area contributed by atoms with Gasteiger partial charge in [-0.3, -0.25) is 4.90 Å². The number of hydrogen-bond donors (Lipinski definition) is 2. The Labute approximate surface area is 124 Å². The number of carbonyl (C=O) groups excluding carboxylic acids is 1. The van der Waals surface area contributed by atoms with Crippen molar-refractivity contribution in [1.82, 2.24) is 5.32 Å². The Kier molecular flexibility index (Phi) is 3.52. The number of anilines is 2. The first-order valence-corrected chi connectivity index (χ1v) is 7.14. The Morgan fingerprint density at radius 3 is 2.81 bits per heavy atom. The van der Waals surface area contributed by atoms with Crippen molar-refractivity contribution in [2.45, 2.75) is 25.9 Å². The fourth-order valence-electron chi connectivity index (χ4n) is 2.82. The van der Waals surface area contributed by atoms with E-state index in [1.54, 1.807) is 0 Å². The molecule has 0 saturated heterocycles. The number of rotatable bonds is 2. The van der Waals surface area contributed by atoms with Crippen molar-refractivity contribution in [3.05, 3.63) is 59.7 Å². The molecule has 0 radical (unpaired) electrons.